The van der Waals surface area contributed by atoms with Crippen LogP contribution in [0.5, 0.6) is 11.5 Å². The van der Waals surface area contributed by atoms with Crippen LogP contribution in [-0.2, 0) is 22.6 Å². The van der Waals surface area contributed by atoms with Gasteiger partial charge in [0.2, 0.25) is 11.8 Å². The zero-order valence-electron chi connectivity index (χ0n) is 20.0. The van der Waals surface area contributed by atoms with Crippen LogP contribution in [0.1, 0.15) is 24.4 Å². The van der Waals surface area contributed by atoms with Crippen molar-refractivity contribution in [2.45, 2.75) is 31.1 Å². The molecule has 10 heteroatoms. The van der Waals surface area contributed by atoms with Crippen LogP contribution >= 0.6 is 11.8 Å². The van der Waals surface area contributed by atoms with Crippen LogP contribution in [-0.4, -0.2) is 46.6 Å². The van der Waals surface area contributed by atoms with Crippen molar-refractivity contribution in [1.29, 1.82) is 0 Å². The van der Waals surface area contributed by atoms with Crippen molar-refractivity contribution in [3.8, 4) is 11.5 Å². The van der Waals surface area contributed by atoms with Gasteiger partial charge >= 0.3 is 0 Å². The molecule has 1 atom stereocenters. The highest BCUT2D eigenvalue weighted by molar-refractivity contribution is 7.99. The van der Waals surface area contributed by atoms with E-state index in [0.717, 1.165) is 11.3 Å². The number of amides is 2. The second-order valence-corrected chi connectivity index (χ2v) is 8.57. The number of hydrogen-bond donors (Lipinski definition) is 2. The molecule has 0 aliphatic carbocycles. The first-order valence-electron chi connectivity index (χ1n) is 11.0. The summed E-state index contributed by atoms with van der Waals surface area (Å²) in [5, 5.41) is 14.9. The van der Waals surface area contributed by atoms with Crippen LogP contribution in [0.4, 0.5) is 5.69 Å². The number of carbonyl (C=O) groups is 2. The largest absolute Gasteiger partial charge is 0.497 e. The second kappa shape index (κ2) is 12.6. The van der Waals surface area contributed by atoms with E-state index in [-0.39, 0.29) is 30.0 Å². The average molecular weight is 496 g/mol. The van der Waals surface area contributed by atoms with Crippen molar-refractivity contribution in [3.63, 3.8) is 0 Å². The Labute approximate surface area is 208 Å². The molecule has 1 unspecified atom stereocenters. The molecule has 2 aromatic carbocycles. The molecule has 0 bridgehead atoms. The van der Waals surface area contributed by atoms with E-state index in [9.17, 15) is 9.59 Å². The number of aromatic nitrogens is 3. The van der Waals surface area contributed by atoms with Gasteiger partial charge in [0.05, 0.1) is 32.4 Å². The fraction of sp³-hybridized carbons (Fsp3) is 0.280. The average Bonchev–Trinajstić information content (AvgIpc) is 3.26. The summed E-state index contributed by atoms with van der Waals surface area (Å²) in [4.78, 5) is 25.0. The highest BCUT2D eigenvalue weighted by Gasteiger charge is 2.20. The number of nitrogens with zero attached hydrogens (tertiary/aromatic N) is 3. The number of thioether (sulfide) groups is 1. The number of hydrogen-bond acceptors (Lipinski definition) is 7. The standard InChI is InChI=1S/C25H29N5O4S/c1-5-13-30-24(17(2)26-22(31)14-18-9-11-20(33-3)12-10-18)28-29-25(30)35-16-23(32)27-19-7-6-8-21(15-19)34-4/h5-12,15,17H,1,13-14,16H2,2-4H3,(H,26,31)(H,27,32). The van der Waals surface area contributed by atoms with Gasteiger partial charge in [-0.05, 0) is 36.8 Å². The van der Waals surface area contributed by atoms with Gasteiger partial charge in [-0.3, -0.25) is 9.59 Å². The van der Waals surface area contributed by atoms with Crippen LogP contribution < -0.4 is 20.1 Å². The van der Waals surface area contributed by atoms with Gasteiger partial charge in [0.1, 0.15) is 11.5 Å². The summed E-state index contributed by atoms with van der Waals surface area (Å²) in [6, 6.07) is 14.1. The maximum absolute atomic E-state index is 12.6. The monoisotopic (exact) mass is 495 g/mol. The maximum Gasteiger partial charge on any atom is 0.234 e. The topological polar surface area (TPSA) is 107 Å². The molecule has 0 saturated heterocycles. The normalized spacial score (nSPS) is 11.4. The third-order valence-electron chi connectivity index (χ3n) is 5.03. The fourth-order valence-electron chi connectivity index (χ4n) is 3.34. The lowest BCUT2D eigenvalue weighted by atomic mass is 10.1. The van der Waals surface area contributed by atoms with Crippen LogP contribution in [0, 0.1) is 0 Å². The van der Waals surface area contributed by atoms with Crippen molar-refractivity contribution in [2.24, 2.45) is 0 Å². The van der Waals surface area contributed by atoms with Crippen molar-refractivity contribution in [3.05, 3.63) is 72.6 Å². The fourth-order valence-corrected chi connectivity index (χ4v) is 4.10. The number of anilines is 1. The minimum absolute atomic E-state index is 0.136. The summed E-state index contributed by atoms with van der Waals surface area (Å²) in [6.45, 7) is 6.09. The van der Waals surface area contributed by atoms with E-state index in [1.807, 2.05) is 35.8 Å². The Hall–Kier alpha value is -3.79. The molecule has 3 rings (SSSR count). The van der Waals surface area contributed by atoms with E-state index in [0.29, 0.717) is 29.0 Å². The maximum atomic E-state index is 12.6. The quantitative estimate of drug-likeness (QED) is 0.292. The van der Waals surface area contributed by atoms with Crippen LogP contribution in [0.3, 0.4) is 0 Å². The lowest BCUT2D eigenvalue weighted by Crippen LogP contribution is -2.30. The van der Waals surface area contributed by atoms with E-state index in [4.69, 9.17) is 9.47 Å². The summed E-state index contributed by atoms with van der Waals surface area (Å²) in [5.41, 5.74) is 1.53. The van der Waals surface area contributed by atoms with E-state index < -0.39 is 0 Å². The molecule has 35 heavy (non-hydrogen) atoms. The zero-order chi connectivity index (χ0) is 25.2. The third kappa shape index (κ3) is 7.35. The predicted octanol–water partition coefficient (Wildman–Crippen LogP) is 3.63. The number of rotatable bonds is 12. The van der Waals surface area contributed by atoms with Crippen molar-refractivity contribution in [1.82, 2.24) is 20.1 Å². The molecule has 2 N–H and O–H groups in total. The van der Waals surface area contributed by atoms with Crippen molar-refractivity contribution in [2.75, 3.05) is 25.3 Å². The highest BCUT2D eigenvalue weighted by atomic mass is 32.2. The van der Waals surface area contributed by atoms with Gasteiger partial charge < -0.3 is 24.7 Å². The molecule has 0 saturated carbocycles. The number of ether oxygens (including phenoxy) is 2. The Kier molecular flexibility index (Phi) is 9.31. The smallest absolute Gasteiger partial charge is 0.234 e. The van der Waals surface area contributed by atoms with Crippen molar-refractivity contribution < 1.29 is 19.1 Å². The van der Waals surface area contributed by atoms with Gasteiger partial charge in [0, 0.05) is 18.3 Å². The first kappa shape index (κ1) is 25.8. The molecule has 1 heterocycles. The van der Waals surface area contributed by atoms with E-state index >= 15 is 0 Å². The molecule has 3 aromatic rings. The highest BCUT2D eigenvalue weighted by Crippen LogP contribution is 2.22. The second-order valence-electron chi connectivity index (χ2n) is 7.62. The summed E-state index contributed by atoms with van der Waals surface area (Å²) in [7, 11) is 3.17. The van der Waals surface area contributed by atoms with E-state index in [2.05, 4.69) is 27.4 Å². The van der Waals surface area contributed by atoms with E-state index in [1.54, 1.807) is 44.6 Å². The van der Waals surface area contributed by atoms with Crippen molar-refractivity contribution >= 4 is 29.3 Å². The molecule has 9 nitrogen and oxygen atoms in total. The summed E-state index contributed by atoms with van der Waals surface area (Å²) in [5.74, 6) is 1.81. The van der Waals surface area contributed by atoms with Gasteiger partial charge in [0.15, 0.2) is 11.0 Å². The molecule has 0 aliphatic heterocycles. The number of carbonyl (C=O) groups excluding carboxylic acids is 2. The number of nitrogens with one attached hydrogen (secondary N) is 2. The molecule has 0 aliphatic rings. The molecule has 0 fully saturated rings. The number of methoxy groups -OCH3 is 2. The van der Waals surface area contributed by atoms with Gasteiger partial charge in [-0.1, -0.05) is 36.0 Å². The molecule has 0 spiro atoms. The Balaban J connectivity index is 1.60. The molecule has 2 amide bonds. The molecule has 184 valence electrons. The van der Waals surface area contributed by atoms with Gasteiger partial charge in [-0.25, -0.2) is 0 Å². The SMILES string of the molecule is C=CCn1c(SCC(=O)Nc2cccc(OC)c2)nnc1C(C)NC(=O)Cc1ccc(OC)cc1. The molecular weight excluding hydrogens is 466 g/mol. The summed E-state index contributed by atoms with van der Waals surface area (Å²) in [6.07, 6.45) is 1.95. The first-order chi connectivity index (χ1) is 16.9. The van der Waals surface area contributed by atoms with Crippen LogP contribution in [0.15, 0.2) is 66.3 Å². The lowest BCUT2D eigenvalue weighted by Gasteiger charge is -2.15. The van der Waals surface area contributed by atoms with E-state index in [1.165, 1.54) is 11.8 Å². The zero-order valence-corrected chi connectivity index (χ0v) is 20.8. The van der Waals surface area contributed by atoms with Gasteiger partial charge in [0.25, 0.3) is 0 Å². The van der Waals surface area contributed by atoms with Crippen LogP contribution in [0.2, 0.25) is 0 Å². The number of benzene rings is 2. The minimum Gasteiger partial charge on any atom is -0.497 e. The number of allylic oxidation sites excluding steroid dienone is 1. The van der Waals surface area contributed by atoms with Crippen LogP contribution in [0.25, 0.3) is 0 Å². The minimum atomic E-state index is -0.381. The Morgan fingerprint density at radius 1 is 1.09 bits per heavy atom. The Morgan fingerprint density at radius 3 is 2.51 bits per heavy atom. The first-order valence-corrected chi connectivity index (χ1v) is 11.9. The third-order valence-corrected chi connectivity index (χ3v) is 6.00. The Bertz CT molecular complexity index is 1160. The Morgan fingerprint density at radius 2 is 1.83 bits per heavy atom. The summed E-state index contributed by atoms with van der Waals surface area (Å²) < 4.78 is 12.2. The molecule has 0 radical (unpaired) electrons. The van der Waals surface area contributed by atoms with Gasteiger partial charge in [-0.15, -0.1) is 16.8 Å². The van der Waals surface area contributed by atoms with Gasteiger partial charge in [-0.2, -0.15) is 0 Å². The lowest BCUT2D eigenvalue weighted by molar-refractivity contribution is -0.121. The molecule has 1 aromatic heterocycles. The predicted molar refractivity (Wildman–Crippen MR) is 136 cm³/mol. The molecular formula is C25H29N5O4S. The summed E-state index contributed by atoms with van der Waals surface area (Å²) >= 11 is 1.26.